The Balaban J connectivity index is 1.66. The highest BCUT2D eigenvalue weighted by Crippen LogP contribution is 2.29. The zero-order chi connectivity index (χ0) is 14.1. The maximum Gasteiger partial charge on any atom is 0.0813 e. The molecule has 21 heavy (non-hydrogen) atoms. The molecule has 0 saturated carbocycles. The molecule has 106 valence electrons. The van der Waals surface area contributed by atoms with Crippen LogP contribution in [0.1, 0.15) is 23.6 Å². The number of hydrogen-bond acceptors (Lipinski definition) is 4. The van der Waals surface area contributed by atoms with E-state index in [1.54, 1.807) is 11.3 Å². The normalized spacial score (nSPS) is 18.2. The predicted molar refractivity (Wildman–Crippen MR) is 88.7 cm³/mol. The van der Waals surface area contributed by atoms with Crippen LogP contribution in [0.25, 0.3) is 10.2 Å². The summed E-state index contributed by atoms with van der Waals surface area (Å²) in [7, 11) is 0. The quantitative estimate of drug-likeness (QED) is 0.752. The molecule has 3 nitrogen and oxygen atoms in total. The van der Waals surface area contributed by atoms with E-state index in [1.165, 1.54) is 21.5 Å². The van der Waals surface area contributed by atoms with Crippen LogP contribution in [0.4, 0.5) is 5.69 Å². The minimum Gasteiger partial charge on any atom is -0.378 e. The van der Waals surface area contributed by atoms with Crippen LogP contribution in [0, 0.1) is 0 Å². The van der Waals surface area contributed by atoms with Gasteiger partial charge in [-0.25, -0.2) is 4.98 Å². The molecule has 0 radical (unpaired) electrons. The topological polar surface area (TPSA) is 37.0 Å². The van der Waals surface area contributed by atoms with Gasteiger partial charge in [0.1, 0.15) is 0 Å². The van der Waals surface area contributed by atoms with Crippen molar-refractivity contribution in [2.45, 2.75) is 19.0 Å². The number of thiazole rings is 1. The van der Waals surface area contributed by atoms with Crippen molar-refractivity contribution in [2.24, 2.45) is 0 Å². The minimum absolute atomic E-state index is 0.363. The lowest BCUT2D eigenvalue weighted by Crippen LogP contribution is -2.15. The van der Waals surface area contributed by atoms with E-state index in [2.05, 4.69) is 58.1 Å². The number of nitrogens with zero attached hydrogens (tertiary/aromatic N) is 1. The third kappa shape index (κ3) is 2.52. The number of anilines is 1. The average Bonchev–Trinajstić information content (AvgIpc) is 2.89. The van der Waals surface area contributed by atoms with Gasteiger partial charge in [-0.1, -0.05) is 24.3 Å². The summed E-state index contributed by atoms with van der Waals surface area (Å²) in [6.45, 7) is 2.00. The van der Waals surface area contributed by atoms with Crippen LogP contribution in [0.3, 0.4) is 0 Å². The summed E-state index contributed by atoms with van der Waals surface area (Å²) in [4.78, 5) is 4.34. The molecule has 4 rings (SSSR count). The molecular weight excluding hydrogens is 278 g/mol. The molecule has 1 aromatic heterocycles. The monoisotopic (exact) mass is 295 g/mol. The molecule has 1 aliphatic heterocycles. The van der Waals surface area contributed by atoms with Gasteiger partial charge < -0.3 is 10.6 Å². The molecule has 1 unspecified atom stereocenters. The fourth-order valence-corrected chi connectivity index (χ4v) is 3.67. The molecule has 0 saturated heterocycles. The van der Waals surface area contributed by atoms with Crippen LogP contribution in [-0.2, 0) is 6.54 Å². The van der Waals surface area contributed by atoms with E-state index >= 15 is 0 Å². The zero-order valence-corrected chi connectivity index (χ0v) is 12.5. The number of fused-ring (bicyclic) bond motifs is 2. The van der Waals surface area contributed by atoms with Crippen molar-refractivity contribution in [3.05, 3.63) is 59.1 Å². The van der Waals surface area contributed by atoms with Gasteiger partial charge in [-0.3, -0.25) is 0 Å². The van der Waals surface area contributed by atoms with Gasteiger partial charge in [0.15, 0.2) is 0 Å². The van der Waals surface area contributed by atoms with Crippen molar-refractivity contribution in [1.82, 2.24) is 10.3 Å². The molecule has 2 aromatic carbocycles. The van der Waals surface area contributed by atoms with Crippen LogP contribution in [0.15, 0.2) is 48.0 Å². The summed E-state index contributed by atoms with van der Waals surface area (Å²) in [5.74, 6) is 0. The number of benzene rings is 2. The van der Waals surface area contributed by atoms with E-state index in [0.717, 1.165) is 25.0 Å². The molecule has 0 aliphatic carbocycles. The van der Waals surface area contributed by atoms with E-state index in [9.17, 15) is 0 Å². The first-order valence-corrected chi connectivity index (χ1v) is 8.16. The SMILES string of the molecule is c1ccc2c(c1)CNCCC2Nc1ccc2ncsc2c1. The average molecular weight is 295 g/mol. The Morgan fingerprint density at radius 1 is 1.19 bits per heavy atom. The van der Waals surface area contributed by atoms with Crippen molar-refractivity contribution < 1.29 is 0 Å². The summed E-state index contributed by atoms with van der Waals surface area (Å²) in [6.07, 6.45) is 1.09. The summed E-state index contributed by atoms with van der Waals surface area (Å²) in [5.41, 5.74) is 6.96. The first-order chi connectivity index (χ1) is 10.4. The Hall–Kier alpha value is -1.91. The molecule has 0 spiro atoms. The number of rotatable bonds is 2. The Labute approximate surface area is 128 Å². The fraction of sp³-hybridized carbons (Fsp3) is 0.235. The van der Waals surface area contributed by atoms with Crippen LogP contribution in [0.5, 0.6) is 0 Å². The third-order valence-electron chi connectivity index (χ3n) is 4.03. The van der Waals surface area contributed by atoms with E-state index in [-0.39, 0.29) is 0 Å². The van der Waals surface area contributed by atoms with Crippen molar-refractivity contribution >= 4 is 27.2 Å². The van der Waals surface area contributed by atoms with E-state index in [0.29, 0.717) is 6.04 Å². The molecule has 4 heteroatoms. The Bertz CT molecular complexity index is 765. The van der Waals surface area contributed by atoms with Crippen molar-refractivity contribution in [3.63, 3.8) is 0 Å². The highest BCUT2D eigenvalue weighted by molar-refractivity contribution is 7.16. The lowest BCUT2D eigenvalue weighted by Gasteiger charge is -2.20. The first kappa shape index (κ1) is 12.8. The van der Waals surface area contributed by atoms with E-state index < -0.39 is 0 Å². The largest absolute Gasteiger partial charge is 0.378 e. The fourth-order valence-electron chi connectivity index (χ4n) is 2.96. The number of hydrogen-bond donors (Lipinski definition) is 2. The first-order valence-electron chi connectivity index (χ1n) is 7.28. The molecule has 2 heterocycles. The highest BCUT2D eigenvalue weighted by atomic mass is 32.1. The standard InChI is InChI=1S/C17H17N3S/c1-2-4-14-12(3-1)10-18-8-7-15(14)20-13-5-6-16-17(9-13)21-11-19-16/h1-6,9,11,15,18,20H,7-8,10H2. The summed E-state index contributed by atoms with van der Waals surface area (Å²) in [6, 6.07) is 15.5. The second-order valence-corrected chi connectivity index (χ2v) is 6.28. The maximum atomic E-state index is 4.34. The Kier molecular flexibility index (Phi) is 3.33. The maximum absolute atomic E-state index is 4.34. The van der Waals surface area contributed by atoms with Crippen molar-refractivity contribution in [1.29, 1.82) is 0 Å². The van der Waals surface area contributed by atoms with E-state index in [4.69, 9.17) is 0 Å². The number of aromatic nitrogens is 1. The molecule has 3 aromatic rings. The zero-order valence-electron chi connectivity index (χ0n) is 11.7. The van der Waals surface area contributed by atoms with Crippen molar-refractivity contribution in [2.75, 3.05) is 11.9 Å². The smallest absolute Gasteiger partial charge is 0.0813 e. The van der Waals surface area contributed by atoms with Crippen LogP contribution in [-0.4, -0.2) is 11.5 Å². The Morgan fingerprint density at radius 2 is 2.14 bits per heavy atom. The molecule has 1 atom stereocenters. The second-order valence-electron chi connectivity index (χ2n) is 5.40. The van der Waals surface area contributed by atoms with Gasteiger partial charge in [0.2, 0.25) is 0 Å². The molecule has 0 bridgehead atoms. The molecule has 0 fully saturated rings. The highest BCUT2D eigenvalue weighted by Gasteiger charge is 2.17. The molecule has 0 amide bonds. The Morgan fingerprint density at radius 3 is 3.14 bits per heavy atom. The lowest BCUT2D eigenvalue weighted by molar-refractivity contribution is 0.637. The molecular formula is C17H17N3S. The van der Waals surface area contributed by atoms with Gasteiger partial charge in [0.05, 0.1) is 21.8 Å². The van der Waals surface area contributed by atoms with Crippen molar-refractivity contribution in [3.8, 4) is 0 Å². The van der Waals surface area contributed by atoms with Gasteiger partial charge in [-0.05, 0) is 42.3 Å². The molecule has 1 aliphatic rings. The van der Waals surface area contributed by atoms with Gasteiger partial charge in [-0.15, -0.1) is 11.3 Å². The van der Waals surface area contributed by atoms with E-state index in [1.807, 2.05) is 5.51 Å². The van der Waals surface area contributed by atoms with Crippen LogP contribution >= 0.6 is 11.3 Å². The third-order valence-corrected chi connectivity index (χ3v) is 4.82. The minimum atomic E-state index is 0.363. The summed E-state index contributed by atoms with van der Waals surface area (Å²) < 4.78 is 1.24. The lowest BCUT2D eigenvalue weighted by atomic mass is 9.99. The second kappa shape index (κ2) is 5.47. The molecule has 2 N–H and O–H groups in total. The van der Waals surface area contributed by atoms with Crippen LogP contribution < -0.4 is 10.6 Å². The van der Waals surface area contributed by atoms with Gasteiger partial charge in [0, 0.05) is 12.2 Å². The number of nitrogens with one attached hydrogen (secondary N) is 2. The summed E-state index contributed by atoms with van der Waals surface area (Å²) >= 11 is 1.69. The van der Waals surface area contributed by atoms with Gasteiger partial charge >= 0.3 is 0 Å². The summed E-state index contributed by atoms with van der Waals surface area (Å²) in [5, 5.41) is 7.19. The van der Waals surface area contributed by atoms with Gasteiger partial charge in [-0.2, -0.15) is 0 Å². The van der Waals surface area contributed by atoms with Gasteiger partial charge in [0.25, 0.3) is 0 Å². The van der Waals surface area contributed by atoms with Crippen LogP contribution in [0.2, 0.25) is 0 Å². The predicted octanol–water partition coefficient (Wildman–Crippen LogP) is 3.94.